The zero-order chi connectivity index (χ0) is 15.3. The first kappa shape index (κ1) is 18.9. The fraction of sp³-hybridized carbons (Fsp3) is 0.500. The third-order valence-electron chi connectivity index (χ3n) is 3.54. The number of methoxy groups -OCH3 is 1. The lowest BCUT2D eigenvalue weighted by atomic mass is 10.0. The summed E-state index contributed by atoms with van der Waals surface area (Å²) in [6.07, 6.45) is 2.04. The van der Waals surface area contributed by atoms with E-state index in [0.29, 0.717) is 6.54 Å². The summed E-state index contributed by atoms with van der Waals surface area (Å²) in [5.74, 6) is -0.380. The van der Waals surface area contributed by atoms with Crippen LogP contribution in [0.5, 0.6) is 0 Å². The van der Waals surface area contributed by atoms with Crippen LogP contribution in [0.25, 0.3) is 0 Å². The molecule has 0 aliphatic carbocycles. The van der Waals surface area contributed by atoms with E-state index in [2.05, 4.69) is 14.8 Å². The van der Waals surface area contributed by atoms with Gasteiger partial charge in [0.05, 0.1) is 17.6 Å². The van der Waals surface area contributed by atoms with Crippen LogP contribution < -0.4 is 10.0 Å². The summed E-state index contributed by atoms with van der Waals surface area (Å²) in [5, 5.41) is 3.24. The topological polar surface area (TPSA) is 84.5 Å². The van der Waals surface area contributed by atoms with Crippen molar-refractivity contribution < 1.29 is 17.9 Å². The molecule has 0 aromatic heterocycles. The Morgan fingerprint density at radius 2 is 2.14 bits per heavy atom. The minimum absolute atomic E-state index is 0. The molecule has 0 radical (unpaired) electrons. The normalized spacial score (nSPS) is 18.3. The van der Waals surface area contributed by atoms with E-state index in [1.807, 2.05) is 0 Å². The van der Waals surface area contributed by atoms with Crippen molar-refractivity contribution in [1.29, 1.82) is 0 Å². The van der Waals surface area contributed by atoms with Gasteiger partial charge in [-0.2, -0.15) is 0 Å². The molecule has 0 amide bonds. The average Bonchev–Trinajstić information content (AvgIpc) is 2.53. The third-order valence-corrected chi connectivity index (χ3v) is 5.02. The van der Waals surface area contributed by atoms with E-state index >= 15 is 0 Å². The summed E-state index contributed by atoms with van der Waals surface area (Å²) in [6.45, 7) is 2.15. The van der Waals surface area contributed by atoms with Crippen LogP contribution in [0.4, 0.5) is 0 Å². The first-order valence-electron chi connectivity index (χ1n) is 6.92. The van der Waals surface area contributed by atoms with Crippen LogP contribution in [-0.2, 0) is 14.8 Å². The molecule has 22 heavy (non-hydrogen) atoms. The van der Waals surface area contributed by atoms with Gasteiger partial charge in [-0.1, -0.05) is 12.1 Å². The van der Waals surface area contributed by atoms with Crippen LogP contribution in [0, 0.1) is 5.92 Å². The molecule has 2 N–H and O–H groups in total. The summed E-state index contributed by atoms with van der Waals surface area (Å²) in [6, 6.07) is 6.05. The van der Waals surface area contributed by atoms with E-state index in [-0.39, 0.29) is 28.8 Å². The van der Waals surface area contributed by atoms with Crippen LogP contribution in [0.2, 0.25) is 0 Å². The largest absolute Gasteiger partial charge is 0.465 e. The fourth-order valence-corrected chi connectivity index (χ4v) is 3.69. The number of hydrogen-bond donors (Lipinski definition) is 2. The molecular weight excluding hydrogens is 328 g/mol. The van der Waals surface area contributed by atoms with Gasteiger partial charge in [-0.05, 0) is 44.0 Å². The summed E-state index contributed by atoms with van der Waals surface area (Å²) in [5.41, 5.74) is 0.0502. The molecule has 1 heterocycles. The average molecular weight is 349 g/mol. The molecule has 0 spiro atoms. The minimum Gasteiger partial charge on any atom is -0.465 e. The SMILES string of the molecule is COC(=O)c1ccccc1S(=O)(=O)NCC1CCCNC1.Cl. The van der Waals surface area contributed by atoms with Gasteiger partial charge in [0.1, 0.15) is 0 Å². The van der Waals surface area contributed by atoms with Gasteiger partial charge >= 0.3 is 5.97 Å². The fourth-order valence-electron chi connectivity index (χ4n) is 2.38. The summed E-state index contributed by atoms with van der Waals surface area (Å²) in [7, 11) is -2.50. The van der Waals surface area contributed by atoms with Crippen molar-refractivity contribution in [2.75, 3.05) is 26.7 Å². The van der Waals surface area contributed by atoms with Crippen molar-refractivity contribution in [2.24, 2.45) is 5.92 Å². The number of piperidine rings is 1. The van der Waals surface area contributed by atoms with Gasteiger partial charge in [-0.15, -0.1) is 12.4 Å². The maximum absolute atomic E-state index is 12.4. The molecule has 1 aromatic rings. The summed E-state index contributed by atoms with van der Waals surface area (Å²) < 4.78 is 32.0. The van der Waals surface area contributed by atoms with Crippen LogP contribution >= 0.6 is 12.4 Å². The molecular formula is C14H21ClN2O4S. The van der Waals surface area contributed by atoms with E-state index in [1.165, 1.54) is 19.2 Å². The maximum atomic E-state index is 12.4. The van der Waals surface area contributed by atoms with Crippen molar-refractivity contribution in [2.45, 2.75) is 17.7 Å². The lowest BCUT2D eigenvalue weighted by Crippen LogP contribution is -2.38. The minimum atomic E-state index is -3.72. The van der Waals surface area contributed by atoms with E-state index in [4.69, 9.17) is 0 Å². The number of rotatable bonds is 5. The summed E-state index contributed by atoms with van der Waals surface area (Å²) in [4.78, 5) is 11.6. The molecule has 1 aliphatic heterocycles. The molecule has 1 atom stereocenters. The predicted octanol–water partition coefficient (Wildman–Crippen LogP) is 1.17. The van der Waals surface area contributed by atoms with Crippen LogP contribution in [-0.4, -0.2) is 41.1 Å². The highest BCUT2D eigenvalue weighted by atomic mass is 35.5. The number of ether oxygens (including phenoxy) is 1. The quantitative estimate of drug-likeness (QED) is 0.780. The number of carbonyl (C=O) groups excluding carboxylic acids is 1. The number of carbonyl (C=O) groups is 1. The van der Waals surface area contributed by atoms with Crippen LogP contribution in [0.15, 0.2) is 29.2 Å². The Morgan fingerprint density at radius 1 is 1.41 bits per heavy atom. The second-order valence-electron chi connectivity index (χ2n) is 5.05. The van der Waals surface area contributed by atoms with E-state index in [9.17, 15) is 13.2 Å². The summed E-state index contributed by atoms with van der Waals surface area (Å²) >= 11 is 0. The van der Waals surface area contributed by atoms with Gasteiger partial charge < -0.3 is 10.1 Å². The molecule has 8 heteroatoms. The number of halogens is 1. The first-order valence-corrected chi connectivity index (χ1v) is 8.40. The molecule has 2 rings (SSSR count). The number of esters is 1. The number of nitrogens with one attached hydrogen (secondary N) is 2. The maximum Gasteiger partial charge on any atom is 0.339 e. The predicted molar refractivity (Wildman–Crippen MR) is 85.8 cm³/mol. The molecule has 1 saturated heterocycles. The Morgan fingerprint density at radius 3 is 2.77 bits per heavy atom. The van der Waals surface area contributed by atoms with Crippen LogP contribution in [0.1, 0.15) is 23.2 Å². The van der Waals surface area contributed by atoms with Gasteiger partial charge in [0.2, 0.25) is 10.0 Å². The molecule has 1 unspecified atom stereocenters. The molecule has 1 aromatic carbocycles. The molecule has 124 valence electrons. The highest BCUT2D eigenvalue weighted by molar-refractivity contribution is 7.89. The Balaban J connectivity index is 0.00000242. The van der Waals surface area contributed by atoms with Crippen LogP contribution in [0.3, 0.4) is 0 Å². The van der Waals surface area contributed by atoms with Gasteiger partial charge in [0.15, 0.2) is 0 Å². The van der Waals surface area contributed by atoms with Gasteiger partial charge in [0, 0.05) is 6.54 Å². The highest BCUT2D eigenvalue weighted by Gasteiger charge is 2.23. The smallest absolute Gasteiger partial charge is 0.339 e. The van der Waals surface area contributed by atoms with Crippen molar-refractivity contribution in [1.82, 2.24) is 10.0 Å². The van der Waals surface area contributed by atoms with Gasteiger partial charge in [-0.25, -0.2) is 17.9 Å². The van der Waals surface area contributed by atoms with E-state index < -0.39 is 16.0 Å². The number of benzene rings is 1. The van der Waals surface area contributed by atoms with Crippen molar-refractivity contribution in [3.63, 3.8) is 0 Å². The molecule has 6 nitrogen and oxygen atoms in total. The second kappa shape index (κ2) is 8.47. The molecule has 0 saturated carbocycles. The zero-order valence-corrected chi connectivity index (χ0v) is 14.0. The monoisotopic (exact) mass is 348 g/mol. The second-order valence-corrected chi connectivity index (χ2v) is 6.79. The Hall–Kier alpha value is -1.15. The first-order chi connectivity index (χ1) is 10.0. The van der Waals surface area contributed by atoms with Gasteiger partial charge in [-0.3, -0.25) is 0 Å². The molecule has 0 bridgehead atoms. The van der Waals surface area contributed by atoms with E-state index in [0.717, 1.165) is 25.9 Å². The number of hydrogen-bond acceptors (Lipinski definition) is 5. The lowest BCUT2D eigenvalue weighted by Gasteiger charge is -2.23. The van der Waals surface area contributed by atoms with E-state index in [1.54, 1.807) is 12.1 Å². The van der Waals surface area contributed by atoms with Crippen molar-refractivity contribution in [3.8, 4) is 0 Å². The van der Waals surface area contributed by atoms with Crippen molar-refractivity contribution >= 4 is 28.4 Å². The highest BCUT2D eigenvalue weighted by Crippen LogP contribution is 2.17. The standard InChI is InChI=1S/C14H20N2O4S.ClH/c1-20-14(17)12-6-2-3-7-13(12)21(18,19)16-10-11-5-4-8-15-9-11;/h2-3,6-7,11,15-16H,4-5,8-10H2,1H3;1H. The lowest BCUT2D eigenvalue weighted by molar-refractivity contribution is 0.0596. The Bertz CT molecular complexity index is 601. The number of sulfonamides is 1. The molecule has 1 fully saturated rings. The molecule has 1 aliphatic rings. The van der Waals surface area contributed by atoms with Gasteiger partial charge in [0.25, 0.3) is 0 Å². The Labute approximate surface area is 137 Å². The van der Waals surface area contributed by atoms with Crippen molar-refractivity contribution in [3.05, 3.63) is 29.8 Å². The Kier molecular flexibility index (Phi) is 7.28. The third kappa shape index (κ3) is 4.67. The zero-order valence-electron chi connectivity index (χ0n) is 12.4.